The zero-order valence-corrected chi connectivity index (χ0v) is 28.2. The molecule has 4 aromatic heterocycles. The molecule has 4 nitrogen and oxygen atoms in total. The van der Waals surface area contributed by atoms with Crippen molar-refractivity contribution in [2.24, 2.45) is 0 Å². The fraction of sp³-hybridized carbons (Fsp3) is 0. The van der Waals surface area contributed by atoms with E-state index in [1.54, 1.807) is 11.3 Å². The van der Waals surface area contributed by atoms with Gasteiger partial charge in [-0.25, -0.2) is 9.97 Å². The molecule has 0 aliphatic rings. The predicted octanol–water partition coefficient (Wildman–Crippen LogP) is 12.4. The predicted molar refractivity (Wildman–Crippen MR) is 214 cm³/mol. The van der Waals surface area contributed by atoms with Crippen molar-refractivity contribution in [1.82, 2.24) is 19.1 Å². The monoisotopic (exact) mass is 668 g/mol. The molecule has 51 heavy (non-hydrogen) atoms. The van der Waals surface area contributed by atoms with Crippen LogP contribution in [-0.2, 0) is 0 Å². The molecule has 11 aromatic rings. The fourth-order valence-corrected chi connectivity index (χ4v) is 8.97. The first-order valence-corrected chi connectivity index (χ1v) is 18.0. The van der Waals surface area contributed by atoms with E-state index in [4.69, 9.17) is 9.97 Å². The summed E-state index contributed by atoms with van der Waals surface area (Å²) in [6.07, 6.45) is 0. The zero-order valence-electron chi connectivity index (χ0n) is 27.4. The first-order chi connectivity index (χ1) is 25.3. The Balaban J connectivity index is 1.12. The van der Waals surface area contributed by atoms with Gasteiger partial charge in [-0.3, -0.25) is 0 Å². The highest BCUT2D eigenvalue weighted by molar-refractivity contribution is 7.25. The van der Waals surface area contributed by atoms with Gasteiger partial charge in [0.05, 0.1) is 27.8 Å². The number of hydrogen-bond donors (Lipinski definition) is 0. The van der Waals surface area contributed by atoms with Gasteiger partial charge in [0.1, 0.15) is 4.83 Å². The molecule has 7 aromatic carbocycles. The van der Waals surface area contributed by atoms with Crippen LogP contribution in [0.4, 0.5) is 0 Å². The van der Waals surface area contributed by atoms with E-state index in [1.165, 1.54) is 48.2 Å². The van der Waals surface area contributed by atoms with Crippen LogP contribution in [0, 0.1) is 0 Å². The Labute approximate surface area is 297 Å². The maximum absolute atomic E-state index is 5.40. The van der Waals surface area contributed by atoms with Crippen LogP contribution >= 0.6 is 11.3 Å². The molecule has 0 unspecified atom stereocenters. The zero-order chi connectivity index (χ0) is 33.5. The largest absolute Gasteiger partial charge is 0.309 e. The molecule has 0 atom stereocenters. The van der Waals surface area contributed by atoms with Crippen molar-refractivity contribution < 1.29 is 0 Å². The van der Waals surface area contributed by atoms with Crippen molar-refractivity contribution in [3.05, 3.63) is 170 Å². The van der Waals surface area contributed by atoms with Crippen LogP contribution in [-0.4, -0.2) is 19.1 Å². The second kappa shape index (κ2) is 11.0. The Morgan fingerprint density at radius 3 is 1.57 bits per heavy atom. The maximum atomic E-state index is 5.40. The first kappa shape index (κ1) is 28.3. The van der Waals surface area contributed by atoms with E-state index >= 15 is 0 Å². The Morgan fingerprint density at radius 2 is 0.902 bits per heavy atom. The molecule has 11 rings (SSSR count). The molecule has 0 aliphatic carbocycles. The van der Waals surface area contributed by atoms with Crippen molar-refractivity contribution >= 4 is 75.3 Å². The SMILES string of the molecule is c1ccc(-n2c3ccccc3c3ccc(-c4nc(-c5ccc(-n6c7ccccc7c7ccccc76)cc5)c5c(n4)sc4ccccc45)cc32)cc1. The minimum absolute atomic E-state index is 0.724. The Morgan fingerprint density at radius 1 is 0.392 bits per heavy atom. The molecule has 0 radical (unpaired) electrons. The van der Waals surface area contributed by atoms with E-state index in [2.05, 4.69) is 179 Å². The van der Waals surface area contributed by atoms with Gasteiger partial charge in [0.15, 0.2) is 5.82 Å². The van der Waals surface area contributed by atoms with Crippen LogP contribution in [0.3, 0.4) is 0 Å². The van der Waals surface area contributed by atoms with E-state index in [0.717, 1.165) is 49.8 Å². The van der Waals surface area contributed by atoms with Crippen LogP contribution in [0.25, 0.3) is 97.9 Å². The van der Waals surface area contributed by atoms with Gasteiger partial charge in [-0.15, -0.1) is 11.3 Å². The second-order valence-electron chi connectivity index (χ2n) is 13.0. The van der Waals surface area contributed by atoms with Crippen LogP contribution in [0.15, 0.2) is 170 Å². The topological polar surface area (TPSA) is 35.6 Å². The summed E-state index contributed by atoms with van der Waals surface area (Å²) in [5, 5.41) is 7.24. The highest BCUT2D eigenvalue weighted by atomic mass is 32.1. The standard InChI is InChI=1S/C46H28N4S/c1-2-12-31(13-3-1)50-40-20-10-6-16-35(40)36-27-24-30(28-41(36)50)45-47-44(43-37-17-7-11-21-42(37)51-46(43)48-45)29-22-25-32(26-23-29)49-38-18-8-4-14-33(38)34-15-5-9-19-39(34)49/h1-28H. The lowest BCUT2D eigenvalue weighted by Crippen LogP contribution is -1.96. The van der Waals surface area contributed by atoms with Crippen LogP contribution in [0.2, 0.25) is 0 Å². The molecule has 0 bridgehead atoms. The molecule has 0 N–H and O–H groups in total. The summed E-state index contributed by atoms with van der Waals surface area (Å²) < 4.78 is 5.92. The van der Waals surface area contributed by atoms with Gasteiger partial charge in [-0.05, 0) is 54.6 Å². The highest BCUT2D eigenvalue weighted by Crippen LogP contribution is 2.41. The van der Waals surface area contributed by atoms with E-state index in [9.17, 15) is 0 Å². The fourth-order valence-electron chi connectivity index (χ4n) is 7.90. The van der Waals surface area contributed by atoms with Gasteiger partial charge in [-0.1, -0.05) is 115 Å². The first-order valence-electron chi connectivity index (χ1n) is 17.2. The summed E-state index contributed by atoms with van der Waals surface area (Å²) in [6, 6.07) is 60.6. The van der Waals surface area contributed by atoms with Crippen molar-refractivity contribution in [2.45, 2.75) is 0 Å². The molecule has 0 fully saturated rings. The normalized spacial score (nSPS) is 11.9. The number of aromatic nitrogens is 4. The van der Waals surface area contributed by atoms with Gasteiger partial charge in [0.2, 0.25) is 0 Å². The molecule has 0 saturated heterocycles. The number of rotatable bonds is 4. The highest BCUT2D eigenvalue weighted by Gasteiger charge is 2.19. The lowest BCUT2D eigenvalue weighted by molar-refractivity contribution is 1.17. The molecule has 0 spiro atoms. The Hall–Kier alpha value is -6.56. The van der Waals surface area contributed by atoms with Gasteiger partial charge in [0.25, 0.3) is 0 Å². The van der Waals surface area contributed by atoms with E-state index in [0.29, 0.717) is 0 Å². The van der Waals surface area contributed by atoms with Crippen molar-refractivity contribution in [1.29, 1.82) is 0 Å². The van der Waals surface area contributed by atoms with E-state index in [-0.39, 0.29) is 0 Å². The van der Waals surface area contributed by atoms with E-state index in [1.807, 2.05) is 0 Å². The number of thiophene rings is 1. The molecule has 0 amide bonds. The average molecular weight is 669 g/mol. The number of hydrogen-bond acceptors (Lipinski definition) is 3. The molecular formula is C46H28N4S. The molecule has 4 heterocycles. The van der Waals surface area contributed by atoms with Gasteiger partial charge in [0, 0.05) is 59.5 Å². The third-order valence-electron chi connectivity index (χ3n) is 10.2. The molecule has 5 heteroatoms. The number of fused-ring (bicyclic) bond motifs is 9. The minimum atomic E-state index is 0.724. The molecular weight excluding hydrogens is 641 g/mol. The van der Waals surface area contributed by atoms with Crippen LogP contribution in [0.1, 0.15) is 0 Å². The number of benzene rings is 7. The van der Waals surface area contributed by atoms with Crippen LogP contribution < -0.4 is 0 Å². The van der Waals surface area contributed by atoms with Gasteiger partial charge in [-0.2, -0.15) is 0 Å². The van der Waals surface area contributed by atoms with Gasteiger partial charge >= 0.3 is 0 Å². The Kier molecular flexibility index (Phi) is 6.09. The van der Waals surface area contributed by atoms with Crippen LogP contribution in [0.5, 0.6) is 0 Å². The average Bonchev–Trinajstić information content (AvgIpc) is 3.85. The smallest absolute Gasteiger partial charge is 0.161 e. The summed E-state index contributed by atoms with van der Waals surface area (Å²) in [6.45, 7) is 0. The summed E-state index contributed by atoms with van der Waals surface area (Å²) in [4.78, 5) is 11.6. The second-order valence-corrected chi connectivity index (χ2v) is 14.0. The minimum Gasteiger partial charge on any atom is -0.309 e. The molecule has 0 saturated carbocycles. The Bertz CT molecular complexity index is 3080. The summed E-state index contributed by atoms with van der Waals surface area (Å²) in [7, 11) is 0. The number of nitrogens with zero attached hydrogens (tertiary/aromatic N) is 4. The quantitative estimate of drug-likeness (QED) is 0.187. The third kappa shape index (κ3) is 4.25. The molecule has 238 valence electrons. The van der Waals surface area contributed by atoms with E-state index < -0.39 is 0 Å². The van der Waals surface area contributed by atoms with Crippen molar-refractivity contribution in [2.75, 3.05) is 0 Å². The summed E-state index contributed by atoms with van der Waals surface area (Å²) in [5.41, 5.74) is 9.97. The maximum Gasteiger partial charge on any atom is 0.161 e. The van der Waals surface area contributed by atoms with Gasteiger partial charge < -0.3 is 9.13 Å². The number of para-hydroxylation sites is 4. The lowest BCUT2D eigenvalue weighted by atomic mass is 10.0. The lowest BCUT2D eigenvalue weighted by Gasteiger charge is -2.11. The summed E-state index contributed by atoms with van der Waals surface area (Å²) >= 11 is 1.73. The third-order valence-corrected chi connectivity index (χ3v) is 11.2. The van der Waals surface area contributed by atoms with Crippen molar-refractivity contribution in [3.63, 3.8) is 0 Å². The summed E-state index contributed by atoms with van der Waals surface area (Å²) in [5.74, 6) is 0.724. The molecule has 0 aliphatic heterocycles. The van der Waals surface area contributed by atoms with Crippen molar-refractivity contribution in [3.8, 4) is 34.0 Å².